The summed E-state index contributed by atoms with van der Waals surface area (Å²) in [5.74, 6) is 3.34. The number of fused-ring (bicyclic) bond motifs is 1. The fourth-order valence-corrected chi connectivity index (χ4v) is 7.73. The Morgan fingerprint density at radius 1 is 0.804 bits per heavy atom. The van der Waals surface area contributed by atoms with Crippen LogP contribution in [0.1, 0.15) is 77.0 Å². The summed E-state index contributed by atoms with van der Waals surface area (Å²) in [5, 5.41) is 4.06. The van der Waals surface area contributed by atoms with Crippen molar-refractivity contribution >= 4 is 33.7 Å². The predicted molar refractivity (Wildman–Crippen MR) is 187 cm³/mol. The van der Waals surface area contributed by atoms with E-state index in [1.807, 2.05) is 53.9 Å². The molecule has 244 valence electrons. The van der Waals surface area contributed by atoms with Gasteiger partial charge in [0, 0.05) is 61.2 Å². The second-order valence-electron chi connectivity index (χ2n) is 13.9. The lowest BCUT2D eigenvalue weighted by atomic mass is 9.89. The summed E-state index contributed by atoms with van der Waals surface area (Å²) in [6.45, 7) is 8.66. The highest BCUT2D eigenvalue weighted by atomic mass is 32.1. The van der Waals surface area contributed by atoms with Crippen molar-refractivity contribution in [3.8, 4) is 5.88 Å². The summed E-state index contributed by atoms with van der Waals surface area (Å²) in [4.78, 5) is 36.0. The summed E-state index contributed by atoms with van der Waals surface area (Å²) >= 11 is 1.56. The van der Waals surface area contributed by atoms with Crippen molar-refractivity contribution in [1.82, 2.24) is 14.8 Å². The van der Waals surface area contributed by atoms with Crippen LogP contribution in [0.3, 0.4) is 0 Å². The van der Waals surface area contributed by atoms with E-state index in [1.54, 1.807) is 24.6 Å². The van der Waals surface area contributed by atoms with E-state index in [1.165, 1.54) is 45.3 Å². The number of aromatic nitrogens is 1. The quantitative estimate of drug-likeness (QED) is 0.221. The number of hydrogen-bond acceptors (Lipinski definition) is 7. The van der Waals surface area contributed by atoms with E-state index >= 15 is 0 Å². The average molecular weight is 640 g/mol. The number of hydrogen-bond donors (Lipinski definition) is 0. The Hall–Kier alpha value is -3.13. The van der Waals surface area contributed by atoms with Gasteiger partial charge < -0.3 is 14.5 Å². The number of ether oxygens (including phenoxy) is 1. The molecule has 4 aliphatic rings. The standard InChI is InChI=1S/C20H24N2O2.C19H25NOS/c1-24-19-10-15-6-7-16(9-18(15)11-21-19)20(23)17-3-2-8-22(13-17)12-14-4-5-14;1-15-6-3-2-4-11-22-18(12-15)19(21)17-7-5-10-20(14-17)13-16-8-9-16/h6-7,9-11,14,17H,2-5,8,12-13H2,1H3;2-4,6,11-12,16-17H,5,7-10,13-14H2,1H3. The van der Waals surface area contributed by atoms with Crippen molar-refractivity contribution in [3.63, 3.8) is 0 Å². The number of nitrogens with zero attached hydrogens (tertiary/aromatic N) is 3. The van der Waals surface area contributed by atoms with E-state index in [0.29, 0.717) is 11.7 Å². The normalized spacial score (nSPS) is 22.0. The summed E-state index contributed by atoms with van der Waals surface area (Å²) in [5.41, 5.74) is 1.95. The van der Waals surface area contributed by atoms with Gasteiger partial charge in [0.25, 0.3) is 0 Å². The number of piperidine rings is 2. The minimum atomic E-state index is 0.140. The Morgan fingerprint density at radius 2 is 1.48 bits per heavy atom. The zero-order valence-corrected chi connectivity index (χ0v) is 28.4. The summed E-state index contributed by atoms with van der Waals surface area (Å²) in [6.07, 6.45) is 11.7. The van der Waals surface area contributed by atoms with Crippen molar-refractivity contribution in [2.24, 2.45) is 23.7 Å². The van der Waals surface area contributed by atoms with E-state index in [-0.39, 0.29) is 17.6 Å². The number of aryl methyl sites for hydroxylation is 1. The van der Waals surface area contributed by atoms with Crippen LogP contribution in [0.25, 0.3) is 10.8 Å². The topological polar surface area (TPSA) is 62.7 Å². The predicted octanol–water partition coefficient (Wildman–Crippen LogP) is 8.03. The molecule has 4 heterocycles. The molecule has 6 nitrogen and oxygen atoms in total. The van der Waals surface area contributed by atoms with E-state index < -0.39 is 0 Å². The monoisotopic (exact) mass is 639 g/mol. The third kappa shape index (κ3) is 9.24. The number of Topliss-reactive ketones (excluding diaryl/α,β-unsaturated/α-hetero) is 2. The minimum absolute atomic E-state index is 0.140. The van der Waals surface area contributed by atoms with Crippen LogP contribution in [0.4, 0.5) is 0 Å². The minimum Gasteiger partial charge on any atom is -0.481 e. The molecule has 0 spiro atoms. The molecule has 2 saturated heterocycles. The first-order valence-corrected chi connectivity index (χ1v) is 18.2. The van der Waals surface area contributed by atoms with Gasteiger partial charge >= 0.3 is 0 Å². The first kappa shape index (κ1) is 32.8. The summed E-state index contributed by atoms with van der Waals surface area (Å²) in [6, 6.07) is 18.0. The van der Waals surface area contributed by atoms with Gasteiger partial charge in [0.05, 0.1) is 12.0 Å². The van der Waals surface area contributed by atoms with Gasteiger partial charge in [0.2, 0.25) is 5.88 Å². The van der Waals surface area contributed by atoms with Crippen molar-refractivity contribution < 1.29 is 14.3 Å². The molecule has 4 fully saturated rings. The molecule has 2 aliphatic heterocycles. The lowest BCUT2D eigenvalue weighted by molar-refractivity contribution is 0.0810. The van der Waals surface area contributed by atoms with Crippen LogP contribution in [0.5, 0.6) is 5.88 Å². The van der Waals surface area contributed by atoms with Crippen molar-refractivity contribution in [1.29, 1.82) is 0 Å². The molecule has 0 radical (unpaired) electrons. The Balaban J connectivity index is 0.000000162. The highest BCUT2D eigenvalue weighted by Crippen LogP contribution is 2.33. The van der Waals surface area contributed by atoms with Crippen molar-refractivity contribution in [2.75, 3.05) is 46.4 Å². The van der Waals surface area contributed by atoms with Crippen molar-refractivity contribution in [2.45, 2.75) is 58.3 Å². The molecule has 46 heavy (non-hydrogen) atoms. The van der Waals surface area contributed by atoms with Crippen LogP contribution >= 0.6 is 11.3 Å². The fraction of sp³-hybridized carbons (Fsp3) is 0.513. The van der Waals surface area contributed by atoms with Gasteiger partial charge in [-0.1, -0.05) is 36.4 Å². The molecular weight excluding hydrogens is 591 g/mol. The van der Waals surface area contributed by atoms with Crippen LogP contribution in [0.15, 0.2) is 66.2 Å². The molecule has 0 bridgehead atoms. The maximum Gasteiger partial charge on any atom is 0.213 e. The van der Waals surface area contributed by atoms with Gasteiger partial charge in [-0.2, -0.15) is 0 Å². The van der Waals surface area contributed by atoms with E-state index in [9.17, 15) is 9.59 Å². The number of rotatable bonds is 9. The number of pyridine rings is 1. The first-order valence-electron chi connectivity index (χ1n) is 17.3. The second kappa shape index (κ2) is 15.6. The van der Waals surface area contributed by atoms with Crippen LogP contribution in [0, 0.1) is 30.6 Å². The molecule has 7 heteroatoms. The molecule has 0 amide bonds. The smallest absolute Gasteiger partial charge is 0.213 e. The Morgan fingerprint density at radius 3 is 2.13 bits per heavy atom. The summed E-state index contributed by atoms with van der Waals surface area (Å²) in [7, 11) is 1.61. The molecule has 2 unspecified atom stereocenters. The van der Waals surface area contributed by atoms with Crippen LogP contribution in [-0.2, 0) is 0 Å². The molecule has 7 rings (SSSR count). The van der Waals surface area contributed by atoms with Gasteiger partial charge in [-0.3, -0.25) is 9.59 Å². The Kier molecular flexibility index (Phi) is 11.2. The number of ketones is 2. The number of methoxy groups -OCH3 is 1. The van der Waals surface area contributed by atoms with E-state index in [4.69, 9.17) is 4.74 Å². The largest absolute Gasteiger partial charge is 0.481 e. The molecular formula is C39H49N3O3S. The van der Waals surface area contributed by atoms with Gasteiger partial charge in [0.1, 0.15) is 0 Å². The SMILES string of the molecule is COc1cc2ccc(C(=O)C3CCCN(CC4CC4)C3)cc2cn1.Cc1cccccsc(C(=O)C2CCCN(CC3CC3)C2)c1. The van der Waals surface area contributed by atoms with Crippen molar-refractivity contribution in [3.05, 3.63) is 82.2 Å². The lowest BCUT2D eigenvalue weighted by Gasteiger charge is -2.32. The molecule has 2 aliphatic carbocycles. The molecule has 2 saturated carbocycles. The van der Waals surface area contributed by atoms with Gasteiger partial charge in [-0.05, 0) is 112 Å². The third-order valence-electron chi connectivity index (χ3n) is 9.83. The highest BCUT2D eigenvalue weighted by Gasteiger charge is 2.32. The Labute approximate surface area is 278 Å². The molecule has 2 aromatic heterocycles. The molecule has 2 atom stereocenters. The molecule has 0 N–H and O–H groups in total. The number of benzene rings is 1. The molecule has 3 aromatic rings. The van der Waals surface area contributed by atoms with Crippen LogP contribution < -0.4 is 4.74 Å². The zero-order valence-electron chi connectivity index (χ0n) is 27.5. The van der Waals surface area contributed by atoms with E-state index in [2.05, 4.69) is 27.8 Å². The maximum atomic E-state index is 12.9. The number of carbonyl (C=O) groups excluding carboxylic acids is 2. The van der Waals surface area contributed by atoms with Crippen LogP contribution in [-0.4, -0.2) is 72.7 Å². The molecule has 1 aromatic carbocycles. The second-order valence-corrected chi connectivity index (χ2v) is 14.8. The van der Waals surface area contributed by atoms with E-state index in [0.717, 1.165) is 83.9 Å². The average Bonchev–Trinajstić information content (AvgIpc) is 4.03. The first-order chi connectivity index (χ1) is 22.4. The number of carbonyl (C=O) groups is 2. The van der Waals surface area contributed by atoms with Gasteiger partial charge in [0.15, 0.2) is 11.6 Å². The Bertz CT molecular complexity index is 1560. The third-order valence-corrected chi connectivity index (χ3v) is 10.7. The number of likely N-dealkylation sites (tertiary alicyclic amines) is 2. The highest BCUT2D eigenvalue weighted by molar-refractivity contribution is 7.11. The van der Waals surface area contributed by atoms with Crippen LogP contribution in [0.2, 0.25) is 0 Å². The van der Waals surface area contributed by atoms with Gasteiger partial charge in [-0.25, -0.2) is 4.98 Å². The van der Waals surface area contributed by atoms with Gasteiger partial charge in [-0.15, -0.1) is 11.3 Å². The lowest BCUT2D eigenvalue weighted by Crippen LogP contribution is -2.39. The summed E-state index contributed by atoms with van der Waals surface area (Å²) < 4.78 is 5.16. The maximum absolute atomic E-state index is 12.9. The zero-order chi connectivity index (χ0) is 31.9. The fourth-order valence-electron chi connectivity index (χ4n) is 6.87.